The molecule has 0 bridgehead atoms. The number of amides is 1. The van der Waals surface area contributed by atoms with E-state index in [1.54, 1.807) is 0 Å². The van der Waals surface area contributed by atoms with Gasteiger partial charge in [0, 0.05) is 6.42 Å². The van der Waals surface area contributed by atoms with Crippen molar-refractivity contribution >= 4 is 11.6 Å². The van der Waals surface area contributed by atoms with Crippen LogP contribution in [0.2, 0.25) is 0 Å². The predicted molar refractivity (Wildman–Crippen MR) is 58.9 cm³/mol. The van der Waals surface area contributed by atoms with E-state index in [0.717, 1.165) is 6.07 Å². The van der Waals surface area contributed by atoms with Crippen LogP contribution in [0.1, 0.15) is 29.0 Å². The van der Waals surface area contributed by atoms with Gasteiger partial charge < -0.3 is 10.2 Å². The third-order valence-electron chi connectivity index (χ3n) is 2.62. The van der Waals surface area contributed by atoms with E-state index in [1.165, 1.54) is 0 Å². The molecule has 21 heavy (non-hydrogen) atoms. The third kappa shape index (κ3) is 3.67. The van der Waals surface area contributed by atoms with Gasteiger partial charge in [-0.1, -0.05) is 5.16 Å². The molecule has 0 saturated carbocycles. The highest BCUT2D eigenvalue weighted by atomic mass is 19.4. The van der Waals surface area contributed by atoms with Crippen LogP contribution >= 0.6 is 0 Å². The topological polar surface area (TPSA) is 79.4 Å². The molecule has 11 heteroatoms. The van der Waals surface area contributed by atoms with Crippen molar-refractivity contribution in [1.29, 1.82) is 0 Å². The fourth-order valence-corrected chi connectivity index (χ4v) is 1.57. The monoisotopic (exact) mass is 312 g/mol. The zero-order chi connectivity index (χ0) is 15.6. The number of hydrogen-bond donors (Lipinski definition) is 2. The van der Waals surface area contributed by atoms with Gasteiger partial charge in [-0.2, -0.15) is 18.3 Å². The van der Waals surface area contributed by atoms with Crippen molar-refractivity contribution in [3.05, 3.63) is 17.5 Å². The summed E-state index contributed by atoms with van der Waals surface area (Å²) in [5.74, 6) is -0.804. The van der Waals surface area contributed by atoms with Crippen LogP contribution in [-0.2, 0) is 4.84 Å². The van der Waals surface area contributed by atoms with E-state index in [9.17, 15) is 26.7 Å². The summed E-state index contributed by atoms with van der Waals surface area (Å²) in [5.41, 5.74) is -1.89. The highest BCUT2D eigenvalue weighted by molar-refractivity contribution is 5.93. The number of hydrogen-bond acceptors (Lipinski definition) is 4. The molecule has 1 atom stereocenters. The minimum absolute atomic E-state index is 0.251. The Labute approximate surface area is 114 Å². The van der Waals surface area contributed by atoms with E-state index >= 15 is 0 Å². The molecule has 1 aliphatic heterocycles. The Morgan fingerprint density at radius 2 is 2.24 bits per heavy atom. The van der Waals surface area contributed by atoms with Crippen molar-refractivity contribution < 1.29 is 31.6 Å². The van der Waals surface area contributed by atoms with E-state index < -0.39 is 42.4 Å². The van der Waals surface area contributed by atoms with E-state index in [0.29, 0.717) is 0 Å². The second-order valence-corrected chi connectivity index (χ2v) is 4.19. The zero-order valence-corrected chi connectivity index (χ0v) is 10.2. The molecule has 1 aromatic heterocycles. The summed E-state index contributed by atoms with van der Waals surface area (Å²) in [5, 5.41) is 10.5. The second-order valence-electron chi connectivity index (χ2n) is 4.19. The Balaban J connectivity index is 1.83. The highest BCUT2D eigenvalue weighted by Crippen LogP contribution is 2.25. The first-order valence-electron chi connectivity index (χ1n) is 5.69. The number of halogens is 5. The molecule has 0 radical (unpaired) electrons. The second kappa shape index (κ2) is 5.66. The molecular formula is C10H9F5N4O2. The summed E-state index contributed by atoms with van der Waals surface area (Å²) < 4.78 is 61.4. The van der Waals surface area contributed by atoms with E-state index in [1.807, 2.05) is 5.10 Å². The van der Waals surface area contributed by atoms with Gasteiger partial charge in [0.15, 0.2) is 5.71 Å². The maximum absolute atomic E-state index is 12.3. The molecule has 2 rings (SSSR count). The molecule has 1 amide bonds. The van der Waals surface area contributed by atoms with Crippen LogP contribution in [0.15, 0.2) is 11.2 Å². The average Bonchev–Trinajstić information content (AvgIpc) is 3.04. The van der Waals surface area contributed by atoms with E-state index in [-0.39, 0.29) is 12.2 Å². The van der Waals surface area contributed by atoms with Crippen LogP contribution in [0, 0.1) is 0 Å². The summed E-state index contributed by atoms with van der Waals surface area (Å²) in [6.07, 6.45) is -8.83. The van der Waals surface area contributed by atoms with Crippen LogP contribution in [0.5, 0.6) is 0 Å². The van der Waals surface area contributed by atoms with Crippen LogP contribution in [-0.4, -0.2) is 40.6 Å². The standard InChI is InChI=1S/C10H9F5N4O2/c11-8(12)5-2-6(18-17-5)9(20)16-3-4-1-7(19-21-4)10(13,14)15/h2,4,8H,1,3H2,(H,16,20)(H,17,18). The van der Waals surface area contributed by atoms with Crippen molar-refractivity contribution in [2.75, 3.05) is 6.54 Å². The largest absolute Gasteiger partial charge is 0.432 e. The molecule has 0 saturated heterocycles. The minimum Gasteiger partial charge on any atom is -0.390 e. The van der Waals surface area contributed by atoms with E-state index in [4.69, 9.17) is 0 Å². The number of carbonyl (C=O) groups excluding carboxylic acids is 1. The van der Waals surface area contributed by atoms with Crippen molar-refractivity contribution in [1.82, 2.24) is 15.5 Å². The number of alkyl halides is 5. The van der Waals surface area contributed by atoms with Gasteiger partial charge in [0.2, 0.25) is 0 Å². The normalized spacial score (nSPS) is 18.6. The molecule has 0 fully saturated rings. The molecule has 116 valence electrons. The SMILES string of the molecule is O=C(NCC1CC(C(F)(F)F)=NO1)c1cc(C(F)F)[nH]n1. The Bertz CT molecular complexity index is 554. The van der Waals surface area contributed by atoms with Gasteiger partial charge in [-0.25, -0.2) is 8.78 Å². The molecule has 0 aromatic carbocycles. The third-order valence-corrected chi connectivity index (χ3v) is 2.62. The Kier molecular flexibility index (Phi) is 4.09. The molecule has 1 aromatic rings. The van der Waals surface area contributed by atoms with E-state index in [2.05, 4.69) is 20.4 Å². The quantitative estimate of drug-likeness (QED) is 0.832. The van der Waals surface area contributed by atoms with Crippen LogP contribution in [0.4, 0.5) is 22.0 Å². The van der Waals surface area contributed by atoms with Gasteiger partial charge in [0.1, 0.15) is 17.5 Å². The molecule has 2 heterocycles. The number of nitrogens with zero attached hydrogens (tertiary/aromatic N) is 2. The first kappa shape index (κ1) is 15.2. The lowest BCUT2D eigenvalue weighted by atomic mass is 10.2. The lowest BCUT2D eigenvalue weighted by Gasteiger charge is -2.09. The first-order chi connectivity index (χ1) is 9.77. The molecule has 1 unspecified atom stereocenters. The fraction of sp³-hybridized carbons (Fsp3) is 0.500. The average molecular weight is 312 g/mol. The Hall–Kier alpha value is -2.20. The summed E-state index contributed by atoms with van der Waals surface area (Å²) in [4.78, 5) is 16.1. The predicted octanol–water partition coefficient (Wildman–Crippen LogP) is 1.78. The fourth-order valence-electron chi connectivity index (χ4n) is 1.57. The van der Waals surface area contributed by atoms with Crippen molar-refractivity contribution in [3.8, 4) is 0 Å². The summed E-state index contributed by atoms with van der Waals surface area (Å²) >= 11 is 0. The summed E-state index contributed by atoms with van der Waals surface area (Å²) in [7, 11) is 0. The van der Waals surface area contributed by atoms with Gasteiger partial charge in [-0.3, -0.25) is 9.89 Å². The molecule has 0 spiro atoms. The molecule has 2 N–H and O–H groups in total. The van der Waals surface area contributed by atoms with Crippen molar-refractivity contribution in [2.45, 2.75) is 25.1 Å². The van der Waals surface area contributed by atoms with Gasteiger partial charge >= 0.3 is 6.18 Å². The number of carbonyl (C=O) groups is 1. The molecular weight excluding hydrogens is 303 g/mol. The summed E-state index contributed by atoms with van der Waals surface area (Å²) in [6.45, 7) is -0.251. The Morgan fingerprint density at radius 3 is 2.76 bits per heavy atom. The number of nitrogens with one attached hydrogen (secondary N) is 2. The highest BCUT2D eigenvalue weighted by Gasteiger charge is 2.41. The summed E-state index contributed by atoms with van der Waals surface area (Å²) in [6, 6.07) is 0.854. The van der Waals surface area contributed by atoms with Crippen molar-refractivity contribution in [2.24, 2.45) is 5.16 Å². The maximum Gasteiger partial charge on any atom is 0.432 e. The lowest BCUT2D eigenvalue weighted by Crippen LogP contribution is -2.33. The van der Waals surface area contributed by atoms with Gasteiger partial charge in [-0.15, -0.1) is 0 Å². The smallest absolute Gasteiger partial charge is 0.390 e. The van der Waals surface area contributed by atoms with Gasteiger partial charge in [0.25, 0.3) is 12.3 Å². The number of oxime groups is 1. The maximum atomic E-state index is 12.3. The van der Waals surface area contributed by atoms with Crippen LogP contribution < -0.4 is 5.32 Å². The first-order valence-corrected chi connectivity index (χ1v) is 5.69. The zero-order valence-electron chi connectivity index (χ0n) is 10.2. The minimum atomic E-state index is -4.58. The number of aromatic amines is 1. The lowest BCUT2D eigenvalue weighted by molar-refractivity contribution is -0.0604. The van der Waals surface area contributed by atoms with Crippen molar-refractivity contribution in [3.63, 3.8) is 0 Å². The Morgan fingerprint density at radius 1 is 1.52 bits per heavy atom. The molecule has 1 aliphatic rings. The number of aromatic nitrogens is 2. The van der Waals surface area contributed by atoms with Gasteiger partial charge in [-0.05, 0) is 6.07 Å². The van der Waals surface area contributed by atoms with Crippen LogP contribution in [0.3, 0.4) is 0 Å². The number of rotatable bonds is 4. The molecule has 6 nitrogen and oxygen atoms in total. The van der Waals surface area contributed by atoms with Crippen LogP contribution in [0.25, 0.3) is 0 Å². The molecule has 0 aliphatic carbocycles. The number of H-pyrrole nitrogens is 1. The van der Waals surface area contributed by atoms with Gasteiger partial charge in [0.05, 0.1) is 6.54 Å².